The summed E-state index contributed by atoms with van der Waals surface area (Å²) in [5.74, 6) is 0.649. The Morgan fingerprint density at radius 3 is 2.79 bits per heavy atom. The molecular formula is C19H26N6O2S. The van der Waals surface area contributed by atoms with Crippen LogP contribution in [0, 0.1) is 18.8 Å². The first kappa shape index (κ1) is 20.1. The van der Waals surface area contributed by atoms with E-state index in [4.69, 9.17) is 11.5 Å². The SMILES string of the molecule is C=C(N=C/C=C(\N)c1sc(NC(=O)N2CCC[C@H]2C(N)=O)nc1C)C1CC1C. The predicted octanol–water partition coefficient (Wildman–Crippen LogP) is 2.47. The van der Waals surface area contributed by atoms with Gasteiger partial charge in [0.2, 0.25) is 5.91 Å². The van der Waals surface area contributed by atoms with Crippen LogP contribution < -0.4 is 16.8 Å². The Bertz CT molecular complexity index is 859. The van der Waals surface area contributed by atoms with E-state index >= 15 is 0 Å². The minimum Gasteiger partial charge on any atom is -0.397 e. The number of hydrogen-bond acceptors (Lipinski definition) is 6. The van der Waals surface area contributed by atoms with E-state index in [9.17, 15) is 9.59 Å². The van der Waals surface area contributed by atoms with Gasteiger partial charge >= 0.3 is 6.03 Å². The molecule has 3 atom stereocenters. The van der Waals surface area contributed by atoms with Crippen molar-refractivity contribution in [1.82, 2.24) is 9.88 Å². The summed E-state index contributed by atoms with van der Waals surface area (Å²) >= 11 is 1.28. The third-order valence-electron chi connectivity index (χ3n) is 5.15. The highest BCUT2D eigenvalue weighted by Gasteiger charge is 2.35. The first-order valence-corrected chi connectivity index (χ1v) is 10.1. The minimum atomic E-state index is -0.566. The van der Waals surface area contributed by atoms with Crippen LogP contribution in [0.1, 0.15) is 36.8 Å². The number of hydrogen-bond donors (Lipinski definition) is 3. The molecule has 1 aliphatic heterocycles. The van der Waals surface area contributed by atoms with Gasteiger partial charge in [0.05, 0.1) is 16.3 Å². The summed E-state index contributed by atoms with van der Waals surface area (Å²) in [4.78, 5) is 34.9. The summed E-state index contributed by atoms with van der Waals surface area (Å²) in [6.45, 7) is 8.49. The van der Waals surface area contributed by atoms with Crippen LogP contribution in [-0.2, 0) is 4.79 Å². The van der Waals surface area contributed by atoms with E-state index < -0.39 is 11.9 Å². The van der Waals surface area contributed by atoms with Crippen molar-refractivity contribution in [3.05, 3.63) is 28.9 Å². The maximum absolute atomic E-state index is 12.5. The number of rotatable bonds is 6. The fraction of sp³-hybridized carbons (Fsp3) is 0.474. The number of nitrogens with one attached hydrogen (secondary N) is 1. The molecule has 0 spiro atoms. The fourth-order valence-corrected chi connectivity index (χ4v) is 4.25. The lowest BCUT2D eigenvalue weighted by Gasteiger charge is -2.21. The van der Waals surface area contributed by atoms with E-state index in [1.54, 1.807) is 12.3 Å². The monoisotopic (exact) mass is 402 g/mol. The van der Waals surface area contributed by atoms with E-state index in [-0.39, 0.29) is 6.03 Å². The summed E-state index contributed by atoms with van der Waals surface area (Å²) in [6, 6.07) is -0.940. The van der Waals surface area contributed by atoms with Gasteiger partial charge in [0.15, 0.2) is 5.13 Å². The number of aromatic nitrogens is 1. The van der Waals surface area contributed by atoms with Gasteiger partial charge in [-0.3, -0.25) is 15.1 Å². The molecule has 1 saturated heterocycles. The molecule has 28 heavy (non-hydrogen) atoms. The molecular weight excluding hydrogens is 376 g/mol. The second-order valence-corrected chi connectivity index (χ2v) is 8.33. The van der Waals surface area contributed by atoms with Gasteiger partial charge in [0.1, 0.15) is 6.04 Å². The maximum Gasteiger partial charge on any atom is 0.324 e. The number of aryl methyl sites for hydroxylation is 1. The Morgan fingerprint density at radius 2 is 2.14 bits per heavy atom. The molecule has 0 aromatic carbocycles. The quantitative estimate of drug-likeness (QED) is 0.632. The predicted molar refractivity (Wildman–Crippen MR) is 112 cm³/mol. The number of amides is 3. The number of thiazole rings is 1. The number of urea groups is 1. The van der Waals surface area contributed by atoms with Crippen LogP contribution in [0.5, 0.6) is 0 Å². The third kappa shape index (κ3) is 4.41. The molecule has 150 valence electrons. The summed E-state index contributed by atoms with van der Waals surface area (Å²) in [5, 5.41) is 3.17. The van der Waals surface area contributed by atoms with Crippen LogP contribution in [0.4, 0.5) is 9.93 Å². The van der Waals surface area contributed by atoms with Gasteiger partial charge in [-0.25, -0.2) is 9.78 Å². The average molecular weight is 403 g/mol. The van der Waals surface area contributed by atoms with Crippen molar-refractivity contribution in [3.8, 4) is 0 Å². The molecule has 8 nitrogen and oxygen atoms in total. The zero-order chi connectivity index (χ0) is 20.4. The highest BCUT2D eigenvalue weighted by atomic mass is 32.1. The van der Waals surface area contributed by atoms with E-state index in [1.807, 2.05) is 6.92 Å². The lowest BCUT2D eigenvalue weighted by Crippen LogP contribution is -2.45. The van der Waals surface area contributed by atoms with Gasteiger partial charge in [-0.1, -0.05) is 24.8 Å². The van der Waals surface area contributed by atoms with Crippen LogP contribution in [0.3, 0.4) is 0 Å². The third-order valence-corrected chi connectivity index (χ3v) is 6.27. The first-order chi connectivity index (χ1) is 13.3. The zero-order valence-corrected chi connectivity index (χ0v) is 17.0. The van der Waals surface area contributed by atoms with Gasteiger partial charge in [0.25, 0.3) is 0 Å². The van der Waals surface area contributed by atoms with Crippen LogP contribution in [-0.4, -0.2) is 40.6 Å². The van der Waals surface area contributed by atoms with E-state index in [0.717, 1.165) is 23.4 Å². The smallest absolute Gasteiger partial charge is 0.324 e. The van der Waals surface area contributed by atoms with Crippen LogP contribution in [0.25, 0.3) is 5.70 Å². The molecule has 1 aromatic heterocycles. The van der Waals surface area contributed by atoms with Gasteiger partial charge in [-0.05, 0) is 38.2 Å². The van der Waals surface area contributed by atoms with Crippen molar-refractivity contribution in [3.63, 3.8) is 0 Å². The van der Waals surface area contributed by atoms with Crippen molar-refractivity contribution < 1.29 is 9.59 Å². The van der Waals surface area contributed by atoms with E-state index in [0.29, 0.717) is 41.3 Å². The van der Waals surface area contributed by atoms with Crippen molar-refractivity contribution in [1.29, 1.82) is 0 Å². The molecule has 5 N–H and O–H groups in total. The van der Waals surface area contributed by atoms with E-state index in [2.05, 4.69) is 28.8 Å². The summed E-state index contributed by atoms with van der Waals surface area (Å²) in [6.07, 6.45) is 5.85. The average Bonchev–Trinajstić information content (AvgIpc) is 3.04. The highest BCUT2D eigenvalue weighted by molar-refractivity contribution is 7.16. The standard InChI is InChI=1S/C19H26N6O2S/c1-10-9-13(10)11(2)22-7-6-14(20)16-12(3)23-18(28-16)24-19(27)25-8-4-5-15(25)17(21)26/h6-7,10,13,15H,2,4-5,8-9,20H2,1,3H3,(H2,21,26)(H,23,24,27)/b14-6-,22-7?/t10?,13?,15-/m0/s1. The van der Waals surface area contributed by atoms with Gasteiger partial charge < -0.3 is 16.4 Å². The first-order valence-electron chi connectivity index (χ1n) is 9.31. The number of anilines is 1. The zero-order valence-electron chi connectivity index (χ0n) is 16.1. The number of primary amides is 1. The van der Waals surface area contributed by atoms with Crippen LogP contribution in [0.2, 0.25) is 0 Å². The van der Waals surface area contributed by atoms with Crippen molar-refractivity contribution in [2.24, 2.45) is 28.3 Å². The molecule has 1 aliphatic carbocycles. The molecule has 2 heterocycles. The Balaban J connectivity index is 1.64. The number of nitrogens with zero attached hydrogens (tertiary/aromatic N) is 3. The van der Waals surface area contributed by atoms with Crippen molar-refractivity contribution in [2.75, 3.05) is 11.9 Å². The number of aliphatic imine (C=N–C) groups is 1. The van der Waals surface area contributed by atoms with Gasteiger partial charge in [-0.2, -0.15) is 0 Å². The summed E-state index contributed by atoms with van der Waals surface area (Å²) in [7, 11) is 0. The molecule has 0 radical (unpaired) electrons. The van der Waals surface area contributed by atoms with Gasteiger partial charge in [0, 0.05) is 24.4 Å². The number of carbonyl (C=O) groups excluding carboxylic acids is 2. The maximum atomic E-state index is 12.5. The Hall–Kier alpha value is -2.68. The molecule has 9 heteroatoms. The van der Waals surface area contributed by atoms with Crippen molar-refractivity contribution >= 4 is 40.3 Å². The van der Waals surface area contributed by atoms with Crippen LogP contribution >= 0.6 is 11.3 Å². The summed E-state index contributed by atoms with van der Waals surface area (Å²) in [5.41, 5.74) is 13.6. The normalized spacial score (nSPS) is 24.6. The Morgan fingerprint density at radius 1 is 1.43 bits per heavy atom. The van der Waals surface area contributed by atoms with Crippen LogP contribution in [0.15, 0.2) is 23.3 Å². The molecule has 3 amide bonds. The van der Waals surface area contributed by atoms with E-state index in [1.165, 1.54) is 16.2 Å². The topological polar surface area (TPSA) is 127 Å². The molecule has 2 aliphatic rings. The second-order valence-electron chi connectivity index (χ2n) is 7.33. The number of nitrogens with two attached hydrogens (primary N) is 2. The number of likely N-dealkylation sites (tertiary alicyclic amines) is 1. The summed E-state index contributed by atoms with van der Waals surface area (Å²) < 4.78 is 0. The minimum absolute atomic E-state index is 0.374. The number of carbonyl (C=O) groups is 2. The Labute approximate surface area is 168 Å². The second kappa shape index (κ2) is 8.14. The molecule has 3 rings (SSSR count). The molecule has 2 unspecified atom stereocenters. The number of allylic oxidation sites excluding steroid dienone is 2. The largest absolute Gasteiger partial charge is 0.397 e. The van der Waals surface area contributed by atoms with Gasteiger partial charge in [-0.15, -0.1) is 0 Å². The lowest BCUT2D eigenvalue weighted by atomic mass is 10.2. The molecule has 2 fully saturated rings. The fourth-order valence-electron chi connectivity index (χ4n) is 3.36. The molecule has 1 aromatic rings. The molecule has 1 saturated carbocycles. The Kier molecular flexibility index (Phi) is 5.83. The van der Waals surface area contributed by atoms with Crippen molar-refractivity contribution in [2.45, 2.75) is 39.2 Å². The molecule has 0 bridgehead atoms. The lowest BCUT2D eigenvalue weighted by molar-refractivity contribution is -0.121. The highest BCUT2D eigenvalue weighted by Crippen LogP contribution is 2.43.